The monoisotopic (exact) mass is 524 g/mol. The molecule has 2 aliphatic rings. The molecule has 1 aliphatic heterocycles. The van der Waals surface area contributed by atoms with Crippen LogP contribution in [0.25, 0.3) is 11.1 Å². The second-order valence-electron chi connectivity index (χ2n) is 9.41. The summed E-state index contributed by atoms with van der Waals surface area (Å²) in [4.78, 5) is 21.3. The fraction of sp³-hybridized carbons (Fsp3) is 0.379. The maximum absolute atomic E-state index is 15.2. The number of rotatable bonds is 7. The van der Waals surface area contributed by atoms with Crippen molar-refractivity contribution in [2.75, 3.05) is 45.2 Å². The number of methoxy groups -OCH3 is 1. The molecule has 2 aromatic carbocycles. The summed E-state index contributed by atoms with van der Waals surface area (Å²) in [6.45, 7) is 7.43. The number of nitrogens with zero attached hydrogens (tertiary/aromatic N) is 3. The minimum Gasteiger partial charge on any atom is -0.496 e. The van der Waals surface area contributed by atoms with Crippen molar-refractivity contribution in [1.82, 2.24) is 10.2 Å². The number of piperazine rings is 1. The van der Waals surface area contributed by atoms with Crippen LogP contribution in [0.5, 0.6) is 5.75 Å². The molecule has 0 spiro atoms. The fourth-order valence-electron chi connectivity index (χ4n) is 5.07. The van der Waals surface area contributed by atoms with Crippen LogP contribution in [0.4, 0.5) is 10.1 Å². The maximum Gasteiger partial charge on any atom is 0.218 e. The van der Waals surface area contributed by atoms with Crippen molar-refractivity contribution in [2.45, 2.75) is 26.7 Å². The first-order valence-electron chi connectivity index (χ1n) is 12.7. The lowest BCUT2D eigenvalue weighted by Gasteiger charge is -2.34. The van der Waals surface area contributed by atoms with Crippen LogP contribution in [-0.4, -0.2) is 57.5 Å². The summed E-state index contributed by atoms with van der Waals surface area (Å²) in [6.07, 6.45) is 6.88. The Balaban J connectivity index is 1.97. The van der Waals surface area contributed by atoms with Crippen molar-refractivity contribution >= 4 is 29.5 Å². The molecule has 1 saturated heterocycles. The number of halogens is 2. The first kappa shape index (κ1) is 26.9. The SMILES string of the molecule is CN=C(c1cc(Cl)c(-c2c(F)cccc2OC)cc1N(C=O)C1=CCCC=C1C(C)C)N1CCNCC1. The Morgan fingerprint density at radius 3 is 2.59 bits per heavy atom. The molecule has 37 heavy (non-hydrogen) atoms. The van der Waals surface area contributed by atoms with E-state index < -0.39 is 5.82 Å². The van der Waals surface area contributed by atoms with Crippen LogP contribution < -0.4 is 15.0 Å². The molecule has 0 radical (unpaired) electrons. The number of benzene rings is 2. The summed E-state index contributed by atoms with van der Waals surface area (Å²) in [5, 5.41) is 3.71. The van der Waals surface area contributed by atoms with Crippen molar-refractivity contribution < 1.29 is 13.9 Å². The van der Waals surface area contributed by atoms with Gasteiger partial charge in [-0.3, -0.25) is 14.7 Å². The van der Waals surface area contributed by atoms with Crippen molar-refractivity contribution in [3.8, 4) is 16.9 Å². The molecule has 0 saturated carbocycles. The number of hydrogen-bond acceptors (Lipinski definition) is 4. The van der Waals surface area contributed by atoms with Gasteiger partial charge in [-0.15, -0.1) is 0 Å². The summed E-state index contributed by atoms with van der Waals surface area (Å²) in [5.74, 6) is 0.875. The Hall–Kier alpha value is -3.16. The molecule has 196 valence electrons. The number of carbonyl (C=O) groups excluding carboxylic acids is 1. The molecule has 6 nitrogen and oxygen atoms in total. The van der Waals surface area contributed by atoms with Gasteiger partial charge in [0.15, 0.2) is 0 Å². The van der Waals surface area contributed by atoms with E-state index in [4.69, 9.17) is 16.3 Å². The van der Waals surface area contributed by atoms with Gasteiger partial charge in [0.1, 0.15) is 17.4 Å². The lowest BCUT2D eigenvalue weighted by Crippen LogP contribution is -2.47. The Morgan fingerprint density at radius 2 is 1.95 bits per heavy atom. The Bertz CT molecular complexity index is 1250. The molecule has 0 bridgehead atoms. The smallest absolute Gasteiger partial charge is 0.218 e. The van der Waals surface area contributed by atoms with Crippen molar-refractivity contribution in [1.29, 1.82) is 0 Å². The lowest BCUT2D eigenvalue weighted by atomic mass is 9.92. The van der Waals surface area contributed by atoms with E-state index in [2.05, 4.69) is 41.2 Å². The summed E-state index contributed by atoms with van der Waals surface area (Å²) in [6, 6.07) is 8.25. The van der Waals surface area contributed by atoms with Gasteiger partial charge in [0.2, 0.25) is 6.41 Å². The first-order chi connectivity index (χ1) is 17.9. The van der Waals surface area contributed by atoms with E-state index in [1.807, 2.05) is 0 Å². The molecule has 4 rings (SSSR count). The van der Waals surface area contributed by atoms with Crippen LogP contribution in [-0.2, 0) is 4.79 Å². The summed E-state index contributed by atoms with van der Waals surface area (Å²) in [5.41, 5.74) is 3.95. The van der Waals surface area contributed by atoms with Gasteiger partial charge in [-0.25, -0.2) is 4.39 Å². The highest BCUT2D eigenvalue weighted by Crippen LogP contribution is 2.42. The summed E-state index contributed by atoms with van der Waals surface area (Å²) < 4.78 is 20.7. The van der Waals surface area contributed by atoms with Crippen LogP contribution in [0.3, 0.4) is 0 Å². The van der Waals surface area contributed by atoms with Gasteiger partial charge < -0.3 is 15.0 Å². The lowest BCUT2D eigenvalue weighted by molar-refractivity contribution is -0.107. The van der Waals surface area contributed by atoms with E-state index in [9.17, 15) is 4.79 Å². The zero-order valence-electron chi connectivity index (χ0n) is 21.9. The second kappa shape index (κ2) is 11.9. The number of amides is 1. The highest BCUT2D eigenvalue weighted by atomic mass is 35.5. The van der Waals surface area contributed by atoms with Crippen LogP contribution in [0, 0.1) is 11.7 Å². The van der Waals surface area contributed by atoms with E-state index in [0.29, 0.717) is 22.0 Å². The molecule has 1 N–H and O–H groups in total. The Morgan fingerprint density at radius 1 is 1.22 bits per heavy atom. The third-order valence-corrected chi connectivity index (χ3v) is 7.14. The highest BCUT2D eigenvalue weighted by Gasteiger charge is 2.28. The number of hydrogen-bond donors (Lipinski definition) is 1. The minimum absolute atomic E-state index is 0.225. The predicted molar refractivity (Wildman–Crippen MR) is 149 cm³/mol. The second-order valence-corrected chi connectivity index (χ2v) is 9.81. The number of nitrogens with one attached hydrogen (secondary N) is 1. The molecule has 1 fully saturated rings. The van der Waals surface area contributed by atoms with E-state index in [1.54, 1.807) is 36.2 Å². The van der Waals surface area contributed by atoms with Crippen molar-refractivity contribution in [2.24, 2.45) is 10.9 Å². The molecule has 0 atom stereocenters. The van der Waals surface area contributed by atoms with Crippen LogP contribution in [0.1, 0.15) is 32.3 Å². The largest absolute Gasteiger partial charge is 0.496 e. The number of amidine groups is 1. The zero-order valence-corrected chi connectivity index (χ0v) is 22.6. The fourth-order valence-corrected chi connectivity index (χ4v) is 5.33. The summed E-state index contributed by atoms with van der Waals surface area (Å²) in [7, 11) is 3.24. The molecule has 2 aromatic rings. The number of aliphatic imine (C=N–C) groups is 1. The van der Waals surface area contributed by atoms with Gasteiger partial charge in [0, 0.05) is 55.1 Å². The van der Waals surface area contributed by atoms with Gasteiger partial charge in [0.25, 0.3) is 0 Å². The minimum atomic E-state index is -0.455. The molecule has 1 amide bonds. The molecule has 0 unspecified atom stereocenters. The van der Waals surface area contributed by atoms with Crippen LogP contribution in [0.2, 0.25) is 5.02 Å². The highest BCUT2D eigenvalue weighted by molar-refractivity contribution is 6.34. The van der Waals surface area contributed by atoms with E-state index in [0.717, 1.165) is 68.1 Å². The van der Waals surface area contributed by atoms with Gasteiger partial charge in [-0.05, 0) is 48.6 Å². The van der Waals surface area contributed by atoms with E-state index in [1.165, 1.54) is 13.2 Å². The number of ether oxygens (including phenoxy) is 1. The predicted octanol–water partition coefficient (Wildman–Crippen LogP) is 5.66. The molecule has 0 aromatic heterocycles. The quantitative estimate of drug-likeness (QED) is 0.288. The molecular formula is C29H34ClFN4O2. The molecule has 1 aliphatic carbocycles. The van der Waals surface area contributed by atoms with Crippen molar-refractivity contribution in [3.05, 3.63) is 70.2 Å². The van der Waals surface area contributed by atoms with Gasteiger partial charge in [0.05, 0.1) is 18.4 Å². The third-order valence-electron chi connectivity index (χ3n) is 6.83. The van der Waals surface area contributed by atoms with Gasteiger partial charge in [-0.2, -0.15) is 0 Å². The maximum atomic E-state index is 15.2. The zero-order chi connectivity index (χ0) is 26.5. The van der Waals surface area contributed by atoms with E-state index >= 15 is 4.39 Å². The first-order valence-corrected chi connectivity index (χ1v) is 13.0. The van der Waals surface area contributed by atoms with Crippen LogP contribution >= 0.6 is 11.6 Å². The standard InChI is InChI=1S/C29H34ClFN4O2/c1-19(2)20-8-5-6-10-25(20)35(18-36)26-17-21(28-24(31)9-7-11-27(28)37-4)23(30)16-22(26)29(32-3)34-14-12-33-13-15-34/h7-11,16-19,33H,5-6,12-15H2,1-4H3. The molecule has 1 heterocycles. The molecule has 8 heteroatoms. The topological polar surface area (TPSA) is 57.2 Å². The molecular weight excluding hydrogens is 491 g/mol. The average molecular weight is 525 g/mol. The number of carbonyl (C=O) groups is 1. The number of anilines is 1. The van der Waals surface area contributed by atoms with E-state index in [-0.39, 0.29) is 11.5 Å². The van der Waals surface area contributed by atoms with Gasteiger partial charge >= 0.3 is 0 Å². The summed E-state index contributed by atoms with van der Waals surface area (Å²) >= 11 is 6.85. The van der Waals surface area contributed by atoms with Crippen molar-refractivity contribution in [3.63, 3.8) is 0 Å². The van der Waals surface area contributed by atoms with Gasteiger partial charge in [-0.1, -0.05) is 43.7 Å². The normalized spacial score (nSPS) is 16.4. The Labute approximate surface area is 223 Å². The Kier molecular flexibility index (Phi) is 8.67. The third kappa shape index (κ3) is 5.43. The van der Waals surface area contributed by atoms with Crippen LogP contribution in [0.15, 0.2) is 58.7 Å². The average Bonchev–Trinajstić information content (AvgIpc) is 2.91. The number of allylic oxidation sites excluding steroid dienone is 3.